The van der Waals surface area contributed by atoms with Crippen LogP contribution in [-0.2, 0) is 14.4 Å². The van der Waals surface area contributed by atoms with Gasteiger partial charge in [0.25, 0.3) is 0 Å². The van der Waals surface area contributed by atoms with E-state index in [2.05, 4.69) is 19.7 Å². The molecule has 0 aromatic heterocycles. The van der Waals surface area contributed by atoms with Crippen LogP contribution in [0.5, 0.6) is 0 Å². The molecule has 2 atom stereocenters. The summed E-state index contributed by atoms with van der Waals surface area (Å²) in [5, 5.41) is 38.9. The number of aliphatic carboxylic acids is 3. The molecule has 0 rings (SSSR count). The molecule has 0 amide bonds. The van der Waals surface area contributed by atoms with Crippen molar-refractivity contribution in [3.05, 3.63) is 38.0 Å². The van der Waals surface area contributed by atoms with Crippen LogP contribution in [0.15, 0.2) is 38.0 Å². The maximum Gasteiger partial charge on any atom is 0.337 e. The van der Waals surface area contributed by atoms with Crippen molar-refractivity contribution in [2.24, 2.45) is 11.3 Å². The van der Waals surface area contributed by atoms with Gasteiger partial charge in [0.2, 0.25) is 0 Å². The minimum absolute atomic E-state index is 0.415. The van der Waals surface area contributed by atoms with E-state index in [1.54, 1.807) is 0 Å². The van der Waals surface area contributed by atoms with E-state index in [9.17, 15) is 34.8 Å². The smallest absolute Gasteiger partial charge is 0.337 e. The summed E-state index contributed by atoms with van der Waals surface area (Å²) in [5.41, 5.74) is -5.38. The highest BCUT2D eigenvalue weighted by molar-refractivity contribution is 5.93. The summed E-state index contributed by atoms with van der Waals surface area (Å²) >= 11 is 0. The molecule has 0 aliphatic rings. The van der Waals surface area contributed by atoms with E-state index in [4.69, 9.17) is 0 Å². The van der Waals surface area contributed by atoms with Gasteiger partial charge in [-0.25, -0.2) is 4.79 Å². The lowest BCUT2D eigenvalue weighted by molar-refractivity contribution is -0.203. The van der Waals surface area contributed by atoms with Crippen LogP contribution in [0.2, 0.25) is 0 Å². The predicted octanol–water partition coefficient (Wildman–Crippen LogP) is 1.30. The van der Waals surface area contributed by atoms with Crippen molar-refractivity contribution >= 4 is 17.9 Å². The third kappa shape index (κ3) is 3.09. The van der Waals surface area contributed by atoms with Crippen LogP contribution in [0.1, 0.15) is 19.3 Å². The molecule has 0 spiro atoms. The van der Waals surface area contributed by atoms with Crippen molar-refractivity contribution < 1.29 is 34.8 Å². The second kappa shape index (κ2) is 7.56. The highest BCUT2D eigenvalue weighted by Gasteiger charge is 2.65. The quantitative estimate of drug-likeness (QED) is 0.423. The first kappa shape index (κ1) is 19.6. The lowest BCUT2D eigenvalue weighted by Gasteiger charge is -2.43. The normalized spacial score (nSPS) is 15.1. The zero-order valence-electron chi connectivity index (χ0n) is 12.1. The fourth-order valence-electron chi connectivity index (χ4n) is 2.53. The Morgan fingerprint density at radius 3 is 1.59 bits per heavy atom. The molecular weight excluding hydrogens is 292 g/mol. The van der Waals surface area contributed by atoms with Gasteiger partial charge < -0.3 is 20.4 Å². The highest BCUT2D eigenvalue weighted by Crippen LogP contribution is 2.46. The molecule has 0 aromatic rings. The maximum absolute atomic E-state index is 11.7. The first-order valence-corrected chi connectivity index (χ1v) is 6.40. The molecule has 0 fully saturated rings. The molecule has 122 valence electrons. The second-order valence-electron chi connectivity index (χ2n) is 4.86. The van der Waals surface area contributed by atoms with E-state index >= 15 is 0 Å². The van der Waals surface area contributed by atoms with Crippen LogP contribution in [0, 0.1) is 11.3 Å². The van der Waals surface area contributed by atoms with Crippen molar-refractivity contribution in [2.75, 3.05) is 0 Å². The van der Waals surface area contributed by atoms with Crippen molar-refractivity contribution in [1.29, 1.82) is 0 Å². The summed E-state index contributed by atoms with van der Waals surface area (Å²) in [5.74, 6) is -7.11. The monoisotopic (exact) mass is 312 g/mol. The molecule has 0 aliphatic heterocycles. The number of rotatable bonds is 11. The average molecular weight is 312 g/mol. The van der Waals surface area contributed by atoms with Gasteiger partial charge in [0.05, 0.1) is 0 Å². The van der Waals surface area contributed by atoms with E-state index < -0.39 is 54.1 Å². The summed E-state index contributed by atoms with van der Waals surface area (Å²) in [6.07, 6.45) is 2.05. The van der Waals surface area contributed by atoms with Crippen molar-refractivity contribution in [3.8, 4) is 0 Å². The molecule has 0 aromatic carbocycles. The standard InChI is InChI=1S/C15H20O7/c1-4-7-10(11(16)17)15(22,13(20)21)14(8-5-2,9-6-3)12(18)19/h4-6,10,22H,1-3,7-9H2,(H,16,17)(H,18,19)(H,20,21). The summed E-state index contributed by atoms with van der Waals surface area (Å²) in [6, 6.07) is 0. The van der Waals surface area contributed by atoms with Gasteiger partial charge in [-0.1, -0.05) is 18.2 Å². The Bertz CT molecular complexity index is 484. The zero-order valence-corrected chi connectivity index (χ0v) is 12.1. The van der Waals surface area contributed by atoms with Crippen LogP contribution in [-0.4, -0.2) is 43.9 Å². The highest BCUT2D eigenvalue weighted by atomic mass is 16.4. The van der Waals surface area contributed by atoms with E-state index in [0.29, 0.717) is 0 Å². The SMILES string of the molecule is C=CCC(C(=O)O)C(O)(C(=O)O)C(CC=C)(CC=C)C(=O)O. The van der Waals surface area contributed by atoms with Crippen LogP contribution in [0.3, 0.4) is 0 Å². The summed E-state index contributed by atoms with van der Waals surface area (Å²) in [4.78, 5) is 34.8. The Morgan fingerprint density at radius 1 is 0.909 bits per heavy atom. The largest absolute Gasteiger partial charge is 0.481 e. The minimum Gasteiger partial charge on any atom is -0.481 e. The van der Waals surface area contributed by atoms with E-state index in [1.165, 1.54) is 0 Å². The van der Waals surface area contributed by atoms with Crippen LogP contribution in [0.25, 0.3) is 0 Å². The Balaban J connectivity index is 6.56. The van der Waals surface area contributed by atoms with Crippen LogP contribution >= 0.6 is 0 Å². The molecule has 22 heavy (non-hydrogen) atoms. The predicted molar refractivity (Wildman–Crippen MR) is 78.2 cm³/mol. The summed E-state index contributed by atoms with van der Waals surface area (Å²) in [7, 11) is 0. The molecule has 0 aliphatic carbocycles. The van der Waals surface area contributed by atoms with Gasteiger partial charge >= 0.3 is 17.9 Å². The summed E-state index contributed by atoms with van der Waals surface area (Å²) < 4.78 is 0. The Kier molecular flexibility index (Phi) is 6.73. The van der Waals surface area contributed by atoms with Gasteiger partial charge in [0.15, 0.2) is 5.60 Å². The molecule has 0 bridgehead atoms. The Labute approximate surface area is 127 Å². The van der Waals surface area contributed by atoms with Gasteiger partial charge in [-0.15, -0.1) is 19.7 Å². The number of hydrogen-bond donors (Lipinski definition) is 4. The fourth-order valence-corrected chi connectivity index (χ4v) is 2.53. The molecule has 0 saturated carbocycles. The van der Waals surface area contributed by atoms with Gasteiger partial charge in [0.1, 0.15) is 11.3 Å². The first-order valence-electron chi connectivity index (χ1n) is 6.40. The third-order valence-corrected chi connectivity index (χ3v) is 3.66. The molecule has 0 radical (unpaired) electrons. The summed E-state index contributed by atoms with van der Waals surface area (Å²) in [6.45, 7) is 10.0. The molecule has 2 unspecified atom stereocenters. The Hall–Kier alpha value is -2.41. The second-order valence-corrected chi connectivity index (χ2v) is 4.86. The van der Waals surface area contributed by atoms with Crippen LogP contribution < -0.4 is 0 Å². The number of hydrogen-bond acceptors (Lipinski definition) is 4. The lowest BCUT2D eigenvalue weighted by atomic mass is 9.61. The number of carbonyl (C=O) groups is 3. The van der Waals surface area contributed by atoms with Crippen molar-refractivity contribution in [1.82, 2.24) is 0 Å². The minimum atomic E-state index is -3.07. The molecule has 0 saturated heterocycles. The van der Waals surface area contributed by atoms with Crippen LogP contribution in [0.4, 0.5) is 0 Å². The molecule has 4 N–H and O–H groups in total. The first-order chi connectivity index (χ1) is 10.2. The topological polar surface area (TPSA) is 132 Å². The van der Waals surface area contributed by atoms with E-state index in [0.717, 1.165) is 18.2 Å². The average Bonchev–Trinajstić information content (AvgIpc) is 2.42. The number of allylic oxidation sites excluding steroid dienone is 3. The molecular formula is C15H20O7. The van der Waals surface area contributed by atoms with Gasteiger partial charge in [-0.3, -0.25) is 9.59 Å². The Morgan fingerprint density at radius 2 is 1.36 bits per heavy atom. The zero-order chi connectivity index (χ0) is 17.6. The van der Waals surface area contributed by atoms with Gasteiger partial charge in [-0.05, 0) is 19.3 Å². The number of aliphatic hydroxyl groups is 1. The van der Waals surface area contributed by atoms with Crippen molar-refractivity contribution in [3.63, 3.8) is 0 Å². The molecule has 7 nitrogen and oxygen atoms in total. The molecule has 0 heterocycles. The van der Waals surface area contributed by atoms with Gasteiger partial charge in [0, 0.05) is 0 Å². The third-order valence-electron chi connectivity index (χ3n) is 3.66. The van der Waals surface area contributed by atoms with E-state index in [1.807, 2.05) is 0 Å². The fraction of sp³-hybridized carbons (Fsp3) is 0.400. The maximum atomic E-state index is 11.7. The number of carboxylic acid groups (broad SMARTS) is 3. The van der Waals surface area contributed by atoms with Gasteiger partial charge in [-0.2, -0.15) is 0 Å². The number of carboxylic acids is 3. The van der Waals surface area contributed by atoms with E-state index in [-0.39, 0.29) is 0 Å². The molecule has 7 heteroatoms. The van der Waals surface area contributed by atoms with Crippen molar-refractivity contribution in [2.45, 2.75) is 24.9 Å². The lowest BCUT2D eigenvalue weighted by Crippen LogP contribution is -2.63.